The molecule has 20 heavy (non-hydrogen) atoms. The van der Waals surface area contributed by atoms with E-state index in [0.717, 1.165) is 31.6 Å². The summed E-state index contributed by atoms with van der Waals surface area (Å²) in [7, 11) is 1.70. The van der Waals surface area contributed by atoms with Crippen LogP contribution in [0.2, 0.25) is 0 Å². The number of amides is 1. The SMILES string of the molecule is CN(C(=O)COc1ccc(F)cc1F)C1CCNC1.Cl. The second-order valence-corrected chi connectivity index (χ2v) is 4.51. The first-order valence-corrected chi connectivity index (χ1v) is 6.12. The molecule has 0 bridgehead atoms. The first-order valence-electron chi connectivity index (χ1n) is 6.12. The molecule has 0 spiro atoms. The molecule has 1 amide bonds. The monoisotopic (exact) mass is 306 g/mol. The average molecular weight is 307 g/mol. The Morgan fingerprint density at radius 2 is 2.25 bits per heavy atom. The fourth-order valence-electron chi connectivity index (χ4n) is 2.01. The van der Waals surface area contributed by atoms with Crippen LogP contribution in [-0.4, -0.2) is 43.6 Å². The average Bonchev–Trinajstić information content (AvgIpc) is 2.90. The van der Waals surface area contributed by atoms with Crippen molar-refractivity contribution in [1.29, 1.82) is 0 Å². The molecule has 1 N–H and O–H groups in total. The largest absolute Gasteiger partial charge is 0.481 e. The van der Waals surface area contributed by atoms with Gasteiger partial charge >= 0.3 is 0 Å². The zero-order valence-electron chi connectivity index (χ0n) is 11.1. The molecule has 1 aliphatic heterocycles. The third-order valence-corrected chi connectivity index (χ3v) is 3.22. The molecule has 0 saturated carbocycles. The minimum Gasteiger partial charge on any atom is -0.481 e. The Kier molecular flexibility index (Phi) is 6.16. The van der Waals surface area contributed by atoms with Crippen LogP contribution in [0.1, 0.15) is 6.42 Å². The quantitative estimate of drug-likeness (QED) is 0.918. The van der Waals surface area contributed by atoms with Crippen LogP contribution in [0.4, 0.5) is 8.78 Å². The van der Waals surface area contributed by atoms with Crippen LogP contribution in [0.25, 0.3) is 0 Å². The minimum atomic E-state index is -0.807. The smallest absolute Gasteiger partial charge is 0.260 e. The summed E-state index contributed by atoms with van der Waals surface area (Å²) in [5, 5.41) is 3.16. The molecule has 1 fully saturated rings. The zero-order chi connectivity index (χ0) is 13.8. The molecule has 1 saturated heterocycles. The number of hydrogen-bond acceptors (Lipinski definition) is 3. The predicted octanol–water partition coefficient (Wildman–Crippen LogP) is 1.59. The van der Waals surface area contributed by atoms with Crippen LogP contribution in [0.5, 0.6) is 5.75 Å². The Bertz CT molecular complexity index is 468. The molecule has 2 rings (SSSR count). The Balaban J connectivity index is 0.00000200. The fourth-order valence-corrected chi connectivity index (χ4v) is 2.01. The maximum atomic E-state index is 13.3. The molecule has 0 radical (unpaired) electrons. The van der Waals surface area contributed by atoms with Crippen LogP contribution in [0.15, 0.2) is 18.2 Å². The van der Waals surface area contributed by atoms with E-state index >= 15 is 0 Å². The van der Waals surface area contributed by atoms with Crippen molar-refractivity contribution in [2.24, 2.45) is 0 Å². The van der Waals surface area contributed by atoms with Gasteiger partial charge < -0.3 is 15.0 Å². The van der Waals surface area contributed by atoms with E-state index in [4.69, 9.17) is 4.74 Å². The van der Waals surface area contributed by atoms with Gasteiger partial charge in [0.05, 0.1) is 0 Å². The van der Waals surface area contributed by atoms with Crippen molar-refractivity contribution in [2.45, 2.75) is 12.5 Å². The summed E-state index contributed by atoms with van der Waals surface area (Å²) in [6, 6.07) is 3.14. The first kappa shape index (κ1) is 16.7. The van der Waals surface area contributed by atoms with Crippen LogP contribution >= 0.6 is 12.4 Å². The standard InChI is InChI=1S/C13H16F2N2O2.ClH/c1-17(10-4-5-16-7-10)13(18)8-19-12-3-2-9(14)6-11(12)15;/h2-3,6,10,16H,4-5,7-8H2,1H3;1H. The molecular weight excluding hydrogens is 290 g/mol. The van der Waals surface area contributed by atoms with E-state index in [1.54, 1.807) is 11.9 Å². The van der Waals surface area contributed by atoms with Crippen molar-refractivity contribution in [2.75, 3.05) is 26.7 Å². The third kappa shape index (κ3) is 4.05. The molecule has 1 heterocycles. The van der Waals surface area contributed by atoms with Crippen molar-refractivity contribution < 1.29 is 18.3 Å². The lowest BCUT2D eigenvalue weighted by Gasteiger charge is -2.23. The van der Waals surface area contributed by atoms with Crippen LogP contribution in [-0.2, 0) is 4.79 Å². The van der Waals surface area contributed by atoms with Gasteiger partial charge in [-0.15, -0.1) is 12.4 Å². The summed E-state index contributed by atoms with van der Waals surface area (Å²) in [4.78, 5) is 13.5. The van der Waals surface area contributed by atoms with Gasteiger partial charge in [-0.1, -0.05) is 0 Å². The number of nitrogens with one attached hydrogen (secondary N) is 1. The Morgan fingerprint density at radius 3 is 2.85 bits per heavy atom. The zero-order valence-corrected chi connectivity index (χ0v) is 11.9. The number of halogens is 3. The molecule has 1 aromatic rings. The summed E-state index contributed by atoms with van der Waals surface area (Å²) in [5.41, 5.74) is 0. The van der Waals surface area contributed by atoms with E-state index in [9.17, 15) is 13.6 Å². The summed E-state index contributed by atoms with van der Waals surface area (Å²) in [6.07, 6.45) is 0.896. The van der Waals surface area contributed by atoms with E-state index < -0.39 is 11.6 Å². The number of rotatable bonds is 4. The topological polar surface area (TPSA) is 41.6 Å². The molecule has 1 aliphatic rings. The Morgan fingerprint density at radius 1 is 1.50 bits per heavy atom. The van der Waals surface area contributed by atoms with Gasteiger partial charge in [0, 0.05) is 25.7 Å². The van der Waals surface area contributed by atoms with Gasteiger partial charge in [0.15, 0.2) is 18.2 Å². The normalized spacial score (nSPS) is 17.4. The fraction of sp³-hybridized carbons (Fsp3) is 0.462. The van der Waals surface area contributed by atoms with Crippen molar-refractivity contribution >= 4 is 18.3 Å². The highest BCUT2D eigenvalue weighted by molar-refractivity contribution is 5.85. The van der Waals surface area contributed by atoms with E-state index in [1.807, 2.05) is 0 Å². The summed E-state index contributed by atoms with van der Waals surface area (Å²) in [6.45, 7) is 1.39. The lowest BCUT2D eigenvalue weighted by molar-refractivity contribution is -0.133. The van der Waals surface area contributed by atoms with Gasteiger partial charge in [-0.3, -0.25) is 4.79 Å². The molecule has 1 aromatic carbocycles. The van der Waals surface area contributed by atoms with Crippen molar-refractivity contribution in [3.8, 4) is 5.75 Å². The van der Waals surface area contributed by atoms with E-state index in [1.165, 1.54) is 6.07 Å². The van der Waals surface area contributed by atoms with Gasteiger partial charge in [0.2, 0.25) is 0 Å². The van der Waals surface area contributed by atoms with E-state index in [-0.39, 0.29) is 36.7 Å². The van der Waals surface area contributed by atoms with Gasteiger partial charge in [0.25, 0.3) is 5.91 Å². The van der Waals surface area contributed by atoms with E-state index in [0.29, 0.717) is 0 Å². The first-order chi connectivity index (χ1) is 9.08. The number of carbonyl (C=O) groups excluding carboxylic acids is 1. The highest BCUT2D eigenvalue weighted by Gasteiger charge is 2.23. The number of hydrogen-bond donors (Lipinski definition) is 1. The second-order valence-electron chi connectivity index (χ2n) is 4.51. The molecule has 7 heteroatoms. The molecule has 0 aromatic heterocycles. The predicted molar refractivity (Wildman–Crippen MR) is 73.1 cm³/mol. The maximum absolute atomic E-state index is 13.3. The van der Waals surface area contributed by atoms with Gasteiger partial charge in [-0.05, 0) is 25.1 Å². The maximum Gasteiger partial charge on any atom is 0.260 e. The molecular formula is C13H17ClF2N2O2. The number of benzene rings is 1. The van der Waals surface area contributed by atoms with Crippen molar-refractivity contribution in [3.05, 3.63) is 29.8 Å². The minimum absolute atomic E-state index is 0. The molecule has 4 nitrogen and oxygen atoms in total. The van der Waals surface area contributed by atoms with E-state index in [2.05, 4.69) is 5.32 Å². The highest BCUT2D eigenvalue weighted by atomic mass is 35.5. The number of ether oxygens (including phenoxy) is 1. The molecule has 112 valence electrons. The lowest BCUT2D eigenvalue weighted by atomic mass is 10.2. The Hall–Kier alpha value is -1.40. The summed E-state index contributed by atoms with van der Waals surface area (Å²) in [5.74, 6) is -1.83. The Labute approximate surface area is 122 Å². The number of nitrogens with zero attached hydrogens (tertiary/aromatic N) is 1. The highest BCUT2D eigenvalue weighted by Crippen LogP contribution is 2.17. The van der Waals surface area contributed by atoms with Crippen LogP contribution in [0, 0.1) is 11.6 Å². The molecule has 0 aliphatic carbocycles. The van der Waals surface area contributed by atoms with Gasteiger partial charge in [-0.2, -0.15) is 0 Å². The van der Waals surface area contributed by atoms with Gasteiger partial charge in [0.1, 0.15) is 5.82 Å². The summed E-state index contributed by atoms with van der Waals surface area (Å²) >= 11 is 0. The van der Waals surface area contributed by atoms with Crippen LogP contribution in [0.3, 0.4) is 0 Å². The second kappa shape index (κ2) is 7.40. The van der Waals surface area contributed by atoms with Crippen molar-refractivity contribution in [1.82, 2.24) is 10.2 Å². The number of carbonyl (C=O) groups is 1. The molecule has 1 atom stereocenters. The van der Waals surface area contributed by atoms with Crippen molar-refractivity contribution in [3.63, 3.8) is 0 Å². The summed E-state index contributed by atoms with van der Waals surface area (Å²) < 4.78 is 31.1. The molecule has 1 unspecified atom stereocenters. The van der Waals surface area contributed by atoms with Crippen LogP contribution < -0.4 is 10.1 Å². The lowest BCUT2D eigenvalue weighted by Crippen LogP contribution is -2.40. The van der Waals surface area contributed by atoms with Gasteiger partial charge in [-0.25, -0.2) is 8.78 Å². The third-order valence-electron chi connectivity index (χ3n) is 3.22. The number of likely N-dealkylation sites (N-methyl/N-ethyl adjacent to an activating group) is 1.